The SMILES string of the molecule is C=CCc1cc(/C=C(\C#N)C(=O)NCc2ccccc2)cc(OC)c1OCC. The standard InChI is InChI=1S/C23H24N2O3/c1-4-9-19-12-18(14-21(27-3)22(19)28-5-2)13-20(15-24)23(26)25-16-17-10-7-6-8-11-17/h4,6-8,10-14H,1,5,9,16H2,2-3H3,(H,25,26)/b20-13+. The largest absolute Gasteiger partial charge is 0.493 e. The normalized spacial score (nSPS) is 10.7. The molecule has 2 aromatic carbocycles. The number of nitrogens with one attached hydrogen (secondary N) is 1. The van der Waals surface area contributed by atoms with E-state index in [1.165, 1.54) is 0 Å². The third kappa shape index (κ3) is 5.49. The highest BCUT2D eigenvalue weighted by Crippen LogP contribution is 2.34. The van der Waals surface area contributed by atoms with Crippen LogP contribution in [0.4, 0.5) is 0 Å². The van der Waals surface area contributed by atoms with Crippen molar-refractivity contribution < 1.29 is 14.3 Å². The average molecular weight is 376 g/mol. The van der Waals surface area contributed by atoms with Crippen molar-refractivity contribution in [2.75, 3.05) is 13.7 Å². The molecular formula is C23H24N2O3. The van der Waals surface area contributed by atoms with E-state index in [-0.39, 0.29) is 5.57 Å². The fraction of sp³-hybridized carbons (Fsp3) is 0.217. The number of nitriles is 1. The molecule has 0 aromatic heterocycles. The summed E-state index contributed by atoms with van der Waals surface area (Å²) >= 11 is 0. The number of allylic oxidation sites excluding steroid dienone is 1. The topological polar surface area (TPSA) is 71.4 Å². The van der Waals surface area contributed by atoms with Gasteiger partial charge in [-0.25, -0.2) is 0 Å². The molecule has 2 aromatic rings. The van der Waals surface area contributed by atoms with E-state index in [1.807, 2.05) is 49.4 Å². The molecule has 1 N–H and O–H groups in total. The van der Waals surface area contributed by atoms with Crippen LogP contribution >= 0.6 is 0 Å². The van der Waals surface area contributed by atoms with Gasteiger partial charge in [-0.15, -0.1) is 6.58 Å². The van der Waals surface area contributed by atoms with Crippen LogP contribution in [-0.2, 0) is 17.8 Å². The van der Waals surface area contributed by atoms with E-state index in [2.05, 4.69) is 11.9 Å². The molecule has 0 aliphatic heterocycles. The summed E-state index contributed by atoms with van der Waals surface area (Å²) in [4.78, 5) is 12.4. The van der Waals surface area contributed by atoms with Gasteiger partial charge in [0, 0.05) is 12.1 Å². The number of hydrogen-bond donors (Lipinski definition) is 1. The summed E-state index contributed by atoms with van der Waals surface area (Å²) in [5, 5.41) is 12.2. The van der Waals surface area contributed by atoms with Gasteiger partial charge in [0.15, 0.2) is 11.5 Å². The van der Waals surface area contributed by atoms with Gasteiger partial charge in [-0.05, 0) is 42.7 Å². The second-order valence-electron chi connectivity index (χ2n) is 5.98. The van der Waals surface area contributed by atoms with Crippen LogP contribution in [-0.4, -0.2) is 19.6 Å². The summed E-state index contributed by atoms with van der Waals surface area (Å²) in [5.74, 6) is 0.771. The summed E-state index contributed by atoms with van der Waals surface area (Å²) in [7, 11) is 1.56. The van der Waals surface area contributed by atoms with Gasteiger partial charge in [0.05, 0.1) is 13.7 Å². The maximum atomic E-state index is 12.4. The Hall–Kier alpha value is -3.52. The van der Waals surface area contributed by atoms with Crippen LogP contribution in [0.1, 0.15) is 23.6 Å². The zero-order chi connectivity index (χ0) is 20.4. The number of carbonyl (C=O) groups excluding carboxylic acids is 1. The van der Waals surface area contributed by atoms with Gasteiger partial charge in [-0.2, -0.15) is 5.26 Å². The van der Waals surface area contributed by atoms with Crippen molar-refractivity contribution in [1.29, 1.82) is 5.26 Å². The number of benzene rings is 2. The third-order valence-corrected chi connectivity index (χ3v) is 4.00. The van der Waals surface area contributed by atoms with Crippen LogP contribution in [0.2, 0.25) is 0 Å². The predicted molar refractivity (Wildman–Crippen MR) is 110 cm³/mol. The molecule has 0 bridgehead atoms. The minimum Gasteiger partial charge on any atom is -0.493 e. The summed E-state index contributed by atoms with van der Waals surface area (Å²) in [6, 6.07) is 15.1. The molecular weight excluding hydrogens is 352 g/mol. The molecule has 0 radical (unpaired) electrons. The molecule has 0 aliphatic rings. The molecule has 5 heteroatoms. The lowest BCUT2D eigenvalue weighted by Gasteiger charge is -2.15. The van der Waals surface area contributed by atoms with Gasteiger partial charge in [0.1, 0.15) is 11.6 Å². The molecule has 0 spiro atoms. The van der Waals surface area contributed by atoms with Gasteiger partial charge in [0.25, 0.3) is 5.91 Å². The second-order valence-corrected chi connectivity index (χ2v) is 5.98. The summed E-state index contributed by atoms with van der Waals surface area (Å²) in [6.07, 6.45) is 3.89. The Labute approximate surface area is 165 Å². The molecule has 0 unspecified atom stereocenters. The molecule has 0 aliphatic carbocycles. The van der Waals surface area contributed by atoms with Crippen LogP contribution in [0.3, 0.4) is 0 Å². The number of carbonyl (C=O) groups is 1. The zero-order valence-corrected chi connectivity index (χ0v) is 16.2. The van der Waals surface area contributed by atoms with Crippen molar-refractivity contribution in [3.05, 3.63) is 77.4 Å². The van der Waals surface area contributed by atoms with Crippen LogP contribution < -0.4 is 14.8 Å². The van der Waals surface area contributed by atoms with Gasteiger partial charge < -0.3 is 14.8 Å². The van der Waals surface area contributed by atoms with E-state index in [0.717, 1.165) is 11.1 Å². The summed E-state index contributed by atoms with van der Waals surface area (Å²) in [5.41, 5.74) is 2.55. The maximum absolute atomic E-state index is 12.4. The minimum atomic E-state index is -0.426. The van der Waals surface area contributed by atoms with E-state index in [9.17, 15) is 10.1 Å². The highest BCUT2D eigenvalue weighted by molar-refractivity contribution is 6.01. The number of rotatable bonds is 9. The summed E-state index contributed by atoms with van der Waals surface area (Å²) in [6.45, 7) is 6.53. The molecule has 1 amide bonds. The van der Waals surface area contributed by atoms with E-state index in [0.29, 0.717) is 36.6 Å². The van der Waals surface area contributed by atoms with E-state index >= 15 is 0 Å². The monoisotopic (exact) mass is 376 g/mol. The Bertz CT molecular complexity index is 896. The lowest BCUT2D eigenvalue weighted by molar-refractivity contribution is -0.117. The fourth-order valence-electron chi connectivity index (χ4n) is 2.72. The third-order valence-electron chi connectivity index (χ3n) is 4.00. The number of hydrogen-bond acceptors (Lipinski definition) is 4. The molecule has 0 saturated carbocycles. The van der Waals surface area contributed by atoms with Crippen molar-refractivity contribution in [1.82, 2.24) is 5.32 Å². The Morgan fingerprint density at radius 3 is 2.64 bits per heavy atom. The van der Waals surface area contributed by atoms with Gasteiger partial charge in [0.2, 0.25) is 0 Å². The van der Waals surface area contributed by atoms with Gasteiger partial charge in [-0.3, -0.25) is 4.79 Å². The first-order chi connectivity index (χ1) is 13.6. The molecule has 0 saturated heterocycles. The van der Waals surface area contributed by atoms with Crippen molar-refractivity contribution in [2.45, 2.75) is 19.9 Å². The predicted octanol–water partition coefficient (Wildman–Crippen LogP) is 4.05. The fourth-order valence-corrected chi connectivity index (χ4v) is 2.72. The number of nitrogens with zero attached hydrogens (tertiary/aromatic N) is 1. The Morgan fingerprint density at radius 1 is 1.29 bits per heavy atom. The first-order valence-electron chi connectivity index (χ1n) is 9.01. The lowest BCUT2D eigenvalue weighted by Crippen LogP contribution is -2.23. The van der Waals surface area contributed by atoms with Crippen molar-refractivity contribution >= 4 is 12.0 Å². The maximum Gasteiger partial charge on any atom is 0.262 e. The molecule has 5 nitrogen and oxygen atoms in total. The Morgan fingerprint density at radius 2 is 2.04 bits per heavy atom. The lowest BCUT2D eigenvalue weighted by atomic mass is 10.0. The molecule has 0 fully saturated rings. The van der Waals surface area contributed by atoms with Crippen molar-refractivity contribution in [2.24, 2.45) is 0 Å². The van der Waals surface area contributed by atoms with Crippen molar-refractivity contribution in [3.63, 3.8) is 0 Å². The number of amides is 1. The smallest absolute Gasteiger partial charge is 0.262 e. The average Bonchev–Trinajstić information content (AvgIpc) is 2.72. The first kappa shape index (κ1) is 20.8. The molecule has 0 heterocycles. The van der Waals surface area contributed by atoms with Gasteiger partial charge in [-0.1, -0.05) is 36.4 Å². The molecule has 28 heavy (non-hydrogen) atoms. The van der Waals surface area contributed by atoms with Crippen LogP contribution in [0.15, 0.2) is 60.7 Å². The number of methoxy groups -OCH3 is 1. The minimum absolute atomic E-state index is 0.0201. The zero-order valence-electron chi connectivity index (χ0n) is 16.2. The van der Waals surface area contributed by atoms with Crippen LogP contribution in [0, 0.1) is 11.3 Å². The highest BCUT2D eigenvalue weighted by atomic mass is 16.5. The van der Waals surface area contributed by atoms with Crippen LogP contribution in [0.25, 0.3) is 6.08 Å². The highest BCUT2D eigenvalue weighted by Gasteiger charge is 2.14. The quantitative estimate of drug-likeness (QED) is 0.407. The van der Waals surface area contributed by atoms with E-state index in [4.69, 9.17) is 9.47 Å². The second kappa shape index (κ2) is 10.6. The van der Waals surface area contributed by atoms with Gasteiger partial charge >= 0.3 is 0 Å². The molecule has 2 rings (SSSR count). The van der Waals surface area contributed by atoms with E-state index < -0.39 is 5.91 Å². The number of ether oxygens (including phenoxy) is 2. The molecule has 0 atom stereocenters. The Kier molecular flexibility index (Phi) is 7.86. The molecule has 144 valence electrons. The summed E-state index contributed by atoms with van der Waals surface area (Å²) < 4.78 is 11.1. The van der Waals surface area contributed by atoms with Crippen LogP contribution in [0.5, 0.6) is 11.5 Å². The van der Waals surface area contributed by atoms with E-state index in [1.54, 1.807) is 25.3 Å². The Balaban J connectivity index is 2.29. The van der Waals surface area contributed by atoms with Crippen molar-refractivity contribution in [3.8, 4) is 17.6 Å². The first-order valence-corrected chi connectivity index (χ1v) is 9.01.